The Morgan fingerprint density at radius 2 is 1.57 bits per heavy atom. The number of rotatable bonds is 8. The predicted octanol–water partition coefficient (Wildman–Crippen LogP) is 3.99. The monoisotopic (exact) mass is 505 g/mol. The molecule has 0 aliphatic carbocycles. The number of anilines is 2. The molecule has 3 aromatic carbocycles. The fraction of sp³-hybridized carbons (Fsp3) is 0.185. The number of urea groups is 1. The maximum atomic E-state index is 13.4. The molecule has 1 aliphatic rings. The molecular weight excluding hydrogens is 481 g/mol. The third-order valence-corrected chi connectivity index (χ3v) is 5.88. The van der Waals surface area contributed by atoms with Crippen LogP contribution in [0, 0.1) is 5.82 Å². The van der Waals surface area contributed by atoms with E-state index in [0.717, 1.165) is 4.90 Å². The minimum atomic E-state index is -1.09. The van der Waals surface area contributed by atoms with Crippen LogP contribution in [0.1, 0.15) is 22.3 Å². The van der Waals surface area contributed by atoms with Crippen LogP contribution in [0.4, 0.5) is 20.6 Å². The van der Waals surface area contributed by atoms with E-state index in [-0.39, 0.29) is 13.0 Å². The van der Waals surface area contributed by atoms with Gasteiger partial charge in [0.2, 0.25) is 5.91 Å². The first kappa shape index (κ1) is 25.4. The number of nitrogens with zero attached hydrogens (tertiary/aromatic N) is 2. The Bertz CT molecular complexity index is 1310. The van der Waals surface area contributed by atoms with E-state index < -0.39 is 35.7 Å². The van der Waals surface area contributed by atoms with Gasteiger partial charge in [-0.1, -0.05) is 12.1 Å². The van der Waals surface area contributed by atoms with Crippen molar-refractivity contribution in [2.24, 2.45) is 0 Å². The molecule has 9 nitrogen and oxygen atoms in total. The Morgan fingerprint density at radius 3 is 2.16 bits per heavy atom. The van der Waals surface area contributed by atoms with Crippen LogP contribution in [0.3, 0.4) is 0 Å². The van der Waals surface area contributed by atoms with Crippen LogP contribution in [-0.2, 0) is 20.9 Å². The molecular formula is C27H24FN3O6. The molecule has 0 radical (unpaired) electrons. The zero-order chi connectivity index (χ0) is 26.5. The van der Waals surface area contributed by atoms with E-state index in [4.69, 9.17) is 4.74 Å². The van der Waals surface area contributed by atoms with Crippen molar-refractivity contribution in [3.63, 3.8) is 0 Å². The van der Waals surface area contributed by atoms with E-state index in [1.165, 1.54) is 67.7 Å². The van der Waals surface area contributed by atoms with E-state index in [0.29, 0.717) is 28.3 Å². The lowest BCUT2D eigenvalue weighted by molar-refractivity contribution is -0.124. The first-order valence-corrected chi connectivity index (χ1v) is 11.3. The molecule has 0 saturated carbocycles. The summed E-state index contributed by atoms with van der Waals surface area (Å²) >= 11 is 0. The Labute approximate surface area is 212 Å². The standard InChI is InChI=1S/C27H24FN3O6/c1-36-22-13-11-21(12-14-22)31-25(33)23(30(27(31)35)16-17-3-7-19(28)8-4-17)15-24(32)29-20-9-5-18(6-10-20)26(34)37-2/h3-14,23H,15-16H2,1-2H3,(H,29,32)/t23-/m1/s1. The molecule has 0 unspecified atom stereocenters. The predicted molar refractivity (Wildman–Crippen MR) is 133 cm³/mol. The number of esters is 1. The number of amides is 4. The average molecular weight is 506 g/mol. The Morgan fingerprint density at radius 1 is 0.919 bits per heavy atom. The summed E-state index contributed by atoms with van der Waals surface area (Å²) < 4.78 is 23.2. The fourth-order valence-electron chi connectivity index (χ4n) is 3.96. The van der Waals surface area contributed by atoms with Crippen molar-refractivity contribution in [1.29, 1.82) is 0 Å². The molecule has 1 heterocycles. The number of imide groups is 1. The lowest BCUT2D eigenvalue weighted by Crippen LogP contribution is -2.37. The maximum Gasteiger partial charge on any atom is 0.337 e. The highest BCUT2D eigenvalue weighted by Gasteiger charge is 2.46. The number of nitrogens with one attached hydrogen (secondary N) is 1. The van der Waals surface area contributed by atoms with Gasteiger partial charge in [0, 0.05) is 12.2 Å². The largest absolute Gasteiger partial charge is 0.497 e. The van der Waals surface area contributed by atoms with Gasteiger partial charge in [0.25, 0.3) is 5.91 Å². The molecule has 0 spiro atoms. The lowest BCUT2D eigenvalue weighted by atomic mass is 10.1. The van der Waals surface area contributed by atoms with Crippen LogP contribution in [0.2, 0.25) is 0 Å². The van der Waals surface area contributed by atoms with Gasteiger partial charge in [-0.3, -0.25) is 9.59 Å². The quantitative estimate of drug-likeness (QED) is 0.367. The fourth-order valence-corrected chi connectivity index (χ4v) is 3.96. The number of carbonyl (C=O) groups excluding carboxylic acids is 4. The van der Waals surface area contributed by atoms with Crippen LogP contribution >= 0.6 is 0 Å². The first-order valence-electron chi connectivity index (χ1n) is 11.3. The first-order chi connectivity index (χ1) is 17.8. The molecule has 1 aliphatic heterocycles. The van der Waals surface area contributed by atoms with E-state index >= 15 is 0 Å². The van der Waals surface area contributed by atoms with Crippen molar-refractivity contribution in [2.75, 3.05) is 24.4 Å². The molecule has 10 heteroatoms. The summed E-state index contributed by atoms with van der Waals surface area (Å²) in [7, 11) is 2.77. The summed E-state index contributed by atoms with van der Waals surface area (Å²) in [5, 5.41) is 2.68. The second-order valence-electron chi connectivity index (χ2n) is 8.25. The maximum absolute atomic E-state index is 13.4. The number of carbonyl (C=O) groups is 4. The molecule has 4 amide bonds. The molecule has 1 atom stereocenters. The Balaban J connectivity index is 1.56. The van der Waals surface area contributed by atoms with Crippen LogP contribution in [0.15, 0.2) is 72.8 Å². The summed E-state index contributed by atoms with van der Waals surface area (Å²) in [6.07, 6.45) is -0.308. The molecule has 1 saturated heterocycles. The highest BCUT2D eigenvalue weighted by atomic mass is 19.1. The highest BCUT2D eigenvalue weighted by Crippen LogP contribution is 2.30. The Kier molecular flexibility index (Phi) is 7.47. The highest BCUT2D eigenvalue weighted by molar-refractivity contribution is 6.22. The van der Waals surface area contributed by atoms with Crippen LogP contribution in [0.25, 0.3) is 0 Å². The van der Waals surface area contributed by atoms with Gasteiger partial charge in [-0.25, -0.2) is 18.9 Å². The van der Waals surface area contributed by atoms with Crippen molar-refractivity contribution in [3.8, 4) is 5.75 Å². The summed E-state index contributed by atoms with van der Waals surface area (Å²) in [4.78, 5) is 53.6. The van der Waals surface area contributed by atoms with Gasteiger partial charge in [-0.2, -0.15) is 0 Å². The van der Waals surface area contributed by atoms with E-state index in [1.54, 1.807) is 24.3 Å². The third kappa shape index (κ3) is 5.58. The van der Waals surface area contributed by atoms with E-state index in [1.807, 2.05) is 0 Å². The van der Waals surface area contributed by atoms with Gasteiger partial charge in [-0.05, 0) is 66.2 Å². The van der Waals surface area contributed by atoms with Crippen molar-refractivity contribution in [3.05, 3.63) is 89.7 Å². The minimum absolute atomic E-state index is 0.00325. The summed E-state index contributed by atoms with van der Waals surface area (Å²) in [6.45, 7) is 0.00325. The third-order valence-electron chi connectivity index (χ3n) is 5.88. The molecule has 0 bridgehead atoms. The number of benzene rings is 3. The molecule has 4 rings (SSSR count). The second kappa shape index (κ2) is 10.9. The van der Waals surface area contributed by atoms with Gasteiger partial charge < -0.3 is 19.7 Å². The van der Waals surface area contributed by atoms with Crippen molar-refractivity contribution >= 4 is 35.2 Å². The second-order valence-corrected chi connectivity index (χ2v) is 8.25. The molecule has 3 aromatic rings. The normalized spacial score (nSPS) is 15.1. The summed E-state index contributed by atoms with van der Waals surface area (Å²) in [5.41, 5.74) is 1.66. The Hall–Kier alpha value is -4.73. The van der Waals surface area contributed by atoms with E-state index in [2.05, 4.69) is 10.1 Å². The number of ether oxygens (including phenoxy) is 2. The van der Waals surface area contributed by atoms with Crippen LogP contribution < -0.4 is 15.0 Å². The van der Waals surface area contributed by atoms with Crippen LogP contribution in [-0.4, -0.2) is 49.0 Å². The molecule has 0 aromatic heterocycles. The summed E-state index contributed by atoms with van der Waals surface area (Å²) in [6, 6.07) is 16.3. The zero-order valence-electron chi connectivity index (χ0n) is 20.1. The number of methoxy groups -OCH3 is 2. The SMILES string of the molecule is COC(=O)c1ccc(NC(=O)C[C@@H]2C(=O)N(c3ccc(OC)cc3)C(=O)N2Cc2ccc(F)cc2)cc1. The van der Waals surface area contributed by atoms with Gasteiger partial charge in [0.1, 0.15) is 17.6 Å². The topological polar surface area (TPSA) is 105 Å². The molecule has 1 fully saturated rings. The van der Waals surface area contributed by atoms with E-state index in [9.17, 15) is 23.6 Å². The molecule has 190 valence electrons. The van der Waals surface area contributed by atoms with Crippen molar-refractivity contribution < 1.29 is 33.0 Å². The minimum Gasteiger partial charge on any atom is -0.497 e. The average Bonchev–Trinajstić information content (AvgIpc) is 3.13. The number of halogens is 1. The smallest absolute Gasteiger partial charge is 0.337 e. The number of hydrogen-bond acceptors (Lipinski definition) is 6. The molecule has 37 heavy (non-hydrogen) atoms. The van der Waals surface area contributed by atoms with Gasteiger partial charge >= 0.3 is 12.0 Å². The lowest BCUT2D eigenvalue weighted by Gasteiger charge is -2.21. The van der Waals surface area contributed by atoms with Crippen molar-refractivity contribution in [1.82, 2.24) is 4.90 Å². The van der Waals surface area contributed by atoms with Gasteiger partial charge in [-0.15, -0.1) is 0 Å². The van der Waals surface area contributed by atoms with Crippen molar-refractivity contribution in [2.45, 2.75) is 19.0 Å². The van der Waals surface area contributed by atoms with Gasteiger partial charge in [0.05, 0.1) is 31.9 Å². The number of hydrogen-bond donors (Lipinski definition) is 1. The van der Waals surface area contributed by atoms with Crippen LogP contribution in [0.5, 0.6) is 5.75 Å². The van der Waals surface area contributed by atoms with Gasteiger partial charge in [0.15, 0.2) is 0 Å². The zero-order valence-corrected chi connectivity index (χ0v) is 20.1. The summed E-state index contributed by atoms with van der Waals surface area (Å²) in [5.74, 6) is -1.45. The molecule has 1 N–H and O–H groups in total.